The predicted octanol–water partition coefficient (Wildman–Crippen LogP) is 4.65. The topological polar surface area (TPSA) is 64.7 Å². The number of carbonyl (C=O) groups is 1. The largest absolute Gasteiger partial charge is 0.289 e. The second kappa shape index (κ2) is 7.43. The minimum absolute atomic E-state index is 0.0518. The SMILES string of the molecule is N#Cc1cccc(C=C2CCCC(=Cc3cccc(C#N)c3)C2=O)c1. The van der Waals surface area contributed by atoms with Crippen molar-refractivity contribution >= 4 is 17.9 Å². The van der Waals surface area contributed by atoms with E-state index in [0.717, 1.165) is 41.5 Å². The van der Waals surface area contributed by atoms with E-state index in [0.29, 0.717) is 11.1 Å². The van der Waals surface area contributed by atoms with Gasteiger partial charge in [0.2, 0.25) is 0 Å². The van der Waals surface area contributed by atoms with Gasteiger partial charge in [0.25, 0.3) is 0 Å². The fraction of sp³-hybridized carbons (Fsp3) is 0.136. The number of ketones is 1. The molecule has 2 aromatic carbocycles. The van der Waals surface area contributed by atoms with Gasteiger partial charge in [-0.3, -0.25) is 4.79 Å². The summed E-state index contributed by atoms with van der Waals surface area (Å²) in [6, 6.07) is 18.7. The Labute approximate surface area is 147 Å². The van der Waals surface area contributed by atoms with Gasteiger partial charge in [-0.2, -0.15) is 10.5 Å². The number of nitrogens with zero attached hydrogens (tertiary/aromatic N) is 2. The molecule has 0 bridgehead atoms. The molecule has 120 valence electrons. The Morgan fingerprint density at radius 2 is 1.28 bits per heavy atom. The van der Waals surface area contributed by atoms with E-state index in [1.807, 2.05) is 36.4 Å². The van der Waals surface area contributed by atoms with Crippen LogP contribution in [0.5, 0.6) is 0 Å². The van der Waals surface area contributed by atoms with Gasteiger partial charge >= 0.3 is 0 Å². The van der Waals surface area contributed by atoms with E-state index in [2.05, 4.69) is 12.1 Å². The molecule has 2 aromatic rings. The summed E-state index contributed by atoms with van der Waals surface area (Å²) in [6.07, 6.45) is 6.15. The van der Waals surface area contributed by atoms with Crippen LogP contribution in [0.3, 0.4) is 0 Å². The van der Waals surface area contributed by atoms with Crippen molar-refractivity contribution in [3.63, 3.8) is 0 Å². The monoisotopic (exact) mass is 324 g/mol. The molecule has 1 fully saturated rings. The Morgan fingerprint density at radius 3 is 1.72 bits per heavy atom. The van der Waals surface area contributed by atoms with Gasteiger partial charge in [-0.05, 0) is 66.8 Å². The Hall–Kier alpha value is -3.43. The number of rotatable bonds is 2. The van der Waals surface area contributed by atoms with Crippen molar-refractivity contribution in [1.29, 1.82) is 10.5 Å². The molecule has 0 unspecified atom stereocenters. The van der Waals surface area contributed by atoms with E-state index >= 15 is 0 Å². The lowest BCUT2D eigenvalue weighted by Crippen LogP contribution is -2.12. The van der Waals surface area contributed by atoms with Crippen LogP contribution in [0.2, 0.25) is 0 Å². The third-order valence-electron chi connectivity index (χ3n) is 4.19. The molecule has 3 heteroatoms. The number of nitriles is 2. The fourth-order valence-electron chi connectivity index (χ4n) is 2.98. The first-order valence-electron chi connectivity index (χ1n) is 8.16. The molecule has 0 radical (unpaired) electrons. The number of allylic oxidation sites excluding steroid dienone is 2. The lowest BCUT2D eigenvalue weighted by molar-refractivity contribution is -0.112. The van der Waals surface area contributed by atoms with Crippen molar-refractivity contribution in [2.45, 2.75) is 19.3 Å². The maximum atomic E-state index is 12.8. The first-order valence-corrected chi connectivity index (χ1v) is 8.16. The van der Waals surface area contributed by atoms with Crippen molar-refractivity contribution in [1.82, 2.24) is 0 Å². The summed E-state index contributed by atoms with van der Waals surface area (Å²) < 4.78 is 0. The first kappa shape index (κ1) is 16.4. The van der Waals surface area contributed by atoms with Crippen LogP contribution < -0.4 is 0 Å². The highest BCUT2D eigenvalue weighted by atomic mass is 16.1. The van der Waals surface area contributed by atoms with Gasteiger partial charge in [0.1, 0.15) is 0 Å². The van der Waals surface area contributed by atoms with E-state index in [4.69, 9.17) is 10.5 Å². The minimum atomic E-state index is 0.0518. The predicted molar refractivity (Wildman–Crippen MR) is 97.1 cm³/mol. The molecule has 0 N–H and O–H groups in total. The molecule has 1 saturated carbocycles. The van der Waals surface area contributed by atoms with Crippen molar-refractivity contribution in [2.24, 2.45) is 0 Å². The van der Waals surface area contributed by atoms with Crippen LogP contribution >= 0.6 is 0 Å². The van der Waals surface area contributed by atoms with E-state index in [9.17, 15) is 4.79 Å². The molecule has 0 spiro atoms. The standard InChI is InChI=1S/C22H16N2O/c23-14-18-6-1-4-16(10-18)12-20-8-3-9-21(22(20)25)13-17-5-2-7-19(11-17)15-24/h1-2,4-7,10-13H,3,8-9H2. The molecule has 0 heterocycles. The summed E-state index contributed by atoms with van der Waals surface area (Å²) in [5.41, 5.74) is 4.45. The Balaban J connectivity index is 1.90. The number of hydrogen-bond acceptors (Lipinski definition) is 3. The zero-order chi connectivity index (χ0) is 17.6. The summed E-state index contributed by atoms with van der Waals surface area (Å²) in [6.45, 7) is 0. The van der Waals surface area contributed by atoms with Crippen LogP contribution in [0.4, 0.5) is 0 Å². The van der Waals surface area contributed by atoms with Crippen LogP contribution in [0.25, 0.3) is 12.2 Å². The van der Waals surface area contributed by atoms with Crippen LogP contribution in [0.1, 0.15) is 41.5 Å². The molecule has 3 nitrogen and oxygen atoms in total. The highest BCUT2D eigenvalue weighted by Crippen LogP contribution is 2.28. The highest BCUT2D eigenvalue weighted by Gasteiger charge is 2.20. The zero-order valence-electron chi connectivity index (χ0n) is 13.7. The third kappa shape index (κ3) is 3.91. The smallest absolute Gasteiger partial charge is 0.185 e. The molecule has 0 aliphatic heterocycles. The van der Waals surface area contributed by atoms with Gasteiger partial charge < -0.3 is 0 Å². The zero-order valence-corrected chi connectivity index (χ0v) is 13.7. The number of carbonyl (C=O) groups excluding carboxylic acids is 1. The van der Waals surface area contributed by atoms with Crippen LogP contribution in [-0.2, 0) is 4.79 Å². The van der Waals surface area contributed by atoms with Crippen molar-refractivity contribution in [3.05, 3.63) is 81.9 Å². The van der Waals surface area contributed by atoms with Gasteiger partial charge in [-0.1, -0.05) is 24.3 Å². The quantitative estimate of drug-likeness (QED) is 0.755. The highest BCUT2D eigenvalue weighted by molar-refractivity contribution is 6.14. The van der Waals surface area contributed by atoms with Crippen LogP contribution in [0.15, 0.2) is 59.7 Å². The average Bonchev–Trinajstić information content (AvgIpc) is 2.65. The second-order valence-electron chi connectivity index (χ2n) is 6.00. The Morgan fingerprint density at radius 1 is 0.800 bits per heavy atom. The summed E-state index contributed by atoms with van der Waals surface area (Å²) >= 11 is 0. The van der Waals surface area contributed by atoms with Crippen molar-refractivity contribution < 1.29 is 4.79 Å². The van der Waals surface area contributed by atoms with E-state index in [-0.39, 0.29) is 5.78 Å². The van der Waals surface area contributed by atoms with Crippen molar-refractivity contribution in [2.75, 3.05) is 0 Å². The maximum Gasteiger partial charge on any atom is 0.185 e. The summed E-state index contributed by atoms with van der Waals surface area (Å²) in [4.78, 5) is 12.8. The lowest BCUT2D eigenvalue weighted by atomic mass is 9.86. The van der Waals surface area contributed by atoms with Gasteiger partial charge in [0.05, 0.1) is 23.3 Å². The Bertz CT molecular complexity index is 891. The molecule has 0 aromatic heterocycles. The molecule has 0 amide bonds. The number of Topliss-reactive ketones (excluding diaryl/α,β-unsaturated/α-hetero) is 1. The summed E-state index contributed by atoms with van der Waals surface area (Å²) in [5.74, 6) is 0.0518. The molecule has 0 saturated heterocycles. The molecular weight excluding hydrogens is 308 g/mol. The molecule has 1 aliphatic carbocycles. The summed E-state index contributed by atoms with van der Waals surface area (Å²) in [7, 11) is 0. The van der Waals surface area contributed by atoms with E-state index < -0.39 is 0 Å². The molecule has 25 heavy (non-hydrogen) atoms. The van der Waals surface area contributed by atoms with Gasteiger partial charge in [0, 0.05) is 11.1 Å². The molecule has 1 aliphatic rings. The average molecular weight is 324 g/mol. The van der Waals surface area contributed by atoms with Crippen LogP contribution in [-0.4, -0.2) is 5.78 Å². The maximum absolute atomic E-state index is 12.8. The number of hydrogen-bond donors (Lipinski definition) is 0. The minimum Gasteiger partial charge on any atom is -0.289 e. The fourth-order valence-corrected chi connectivity index (χ4v) is 2.98. The van der Waals surface area contributed by atoms with E-state index in [1.165, 1.54) is 0 Å². The van der Waals surface area contributed by atoms with E-state index in [1.54, 1.807) is 24.3 Å². The van der Waals surface area contributed by atoms with Crippen LogP contribution in [0, 0.1) is 22.7 Å². The summed E-state index contributed by atoms with van der Waals surface area (Å²) in [5, 5.41) is 18.0. The Kier molecular flexibility index (Phi) is 4.88. The van der Waals surface area contributed by atoms with Crippen molar-refractivity contribution in [3.8, 4) is 12.1 Å². The second-order valence-corrected chi connectivity index (χ2v) is 6.00. The lowest BCUT2D eigenvalue weighted by Gasteiger charge is -2.16. The normalized spacial score (nSPS) is 17.3. The van der Waals surface area contributed by atoms with Gasteiger partial charge in [-0.15, -0.1) is 0 Å². The molecule has 0 atom stereocenters. The molecule has 3 rings (SSSR count). The third-order valence-corrected chi connectivity index (χ3v) is 4.19. The molecular formula is C22H16N2O. The number of benzene rings is 2. The first-order chi connectivity index (χ1) is 12.2. The van der Waals surface area contributed by atoms with Gasteiger partial charge in [-0.25, -0.2) is 0 Å². The van der Waals surface area contributed by atoms with Gasteiger partial charge in [0.15, 0.2) is 5.78 Å².